The van der Waals surface area contributed by atoms with E-state index in [1.807, 2.05) is 18.2 Å². The number of carbonyl (C=O) groups is 1. The standard InChI is InChI=1S/C16H15NO4/c1-11-9-13(17(19)20)7-8-14(11)15(18)10-12-5-3-4-6-16(12)21-2/h3-9H,10H2,1-2H3. The molecule has 0 bridgehead atoms. The molecule has 0 N–H and O–H groups in total. The second-order valence-corrected chi connectivity index (χ2v) is 4.67. The normalized spacial score (nSPS) is 10.2. The molecule has 0 unspecified atom stereocenters. The van der Waals surface area contributed by atoms with Gasteiger partial charge in [-0.2, -0.15) is 0 Å². The van der Waals surface area contributed by atoms with Gasteiger partial charge in [0.25, 0.3) is 5.69 Å². The molecule has 5 nitrogen and oxygen atoms in total. The fourth-order valence-electron chi connectivity index (χ4n) is 2.19. The number of nitrogens with zero attached hydrogens (tertiary/aromatic N) is 1. The highest BCUT2D eigenvalue weighted by atomic mass is 16.6. The molecule has 0 heterocycles. The average molecular weight is 285 g/mol. The van der Waals surface area contributed by atoms with E-state index >= 15 is 0 Å². The maximum Gasteiger partial charge on any atom is 0.269 e. The summed E-state index contributed by atoms with van der Waals surface area (Å²) in [4.78, 5) is 22.6. The summed E-state index contributed by atoms with van der Waals surface area (Å²) in [5, 5.41) is 10.7. The van der Waals surface area contributed by atoms with Crippen molar-refractivity contribution >= 4 is 11.5 Å². The first kappa shape index (κ1) is 14.7. The summed E-state index contributed by atoms with van der Waals surface area (Å²) in [6.07, 6.45) is 0.197. The Balaban J connectivity index is 2.26. The van der Waals surface area contributed by atoms with Gasteiger partial charge < -0.3 is 4.74 Å². The van der Waals surface area contributed by atoms with Crippen LogP contribution < -0.4 is 4.74 Å². The van der Waals surface area contributed by atoms with Gasteiger partial charge in [-0.15, -0.1) is 0 Å². The average Bonchev–Trinajstić information content (AvgIpc) is 2.47. The molecule has 0 radical (unpaired) electrons. The van der Waals surface area contributed by atoms with E-state index in [1.165, 1.54) is 18.2 Å². The highest BCUT2D eigenvalue weighted by Gasteiger charge is 2.15. The number of para-hydroxylation sites is 1. The zero-order valence-electron chi connectivity index (χ0n) is 11.8. The molecule has 108 valence electrons. The Morgan fingerprint density at radius 3 is 2.57 bits per heavy atom. The lowest BCUT2D eigenvalue weighted by molar-refractivity contribution is -0.384. The van der Waals surface area contributed by atoms with Crippen molar-refractivity contribution in [2.45, 2.75) is 13.3 Å². The van der Waals surface area contributed by atoms with Crippen LogP contribution in [0.1, 0.15) is 21.5 Å². The highest BCUT2D eigenvalue weighted by Crippen LogP contribution is 2.22. The van der Waals surface area contributed by atoms with E-state index in [0.29, 0.717) is 16.9 Å². The molecule has 0 saturated carbocycles. The number of hydrogen-bond donors (Lipinski definition) is 0. The van der Waals surface area contributed by atoms with E-state index < -0.39 is 4.92 Å². The van der Waals surface area contributed by atoms with Crippen LogP contribution in [0.15, 0.2) is 42.5 Å². The van der Waals surface area contributed by atoms with Gasteiger partial charge in [0.2, 0.25) is 0 Å². The van der Waals surface area contributed by atoms with Crippen molar-refractivity contribution in [3.8, 4) is 5.75 Å². The van der Waals surface area contributed by atoms with Gasteiger partial charge in [-0.05, 0) is 24.6 Å². The van der Waals surface area contributed by atoms with Crippen LogP contribution in [-0.4, -0.2) is 17.8 Å². The lowest BCUT2D eigenvalue weighted by Crippen LogP contribution is -2.07. The number of hydrogen-bond acceptors (Lipinski definition) is 4. The molecule has 0 aliphatic carbocycles. The summed E-state index contributed by atoms with van der Waals surface area (Å²) in [6.45, 7) is 1.70. The summed E-state index contributed by atoms with van der Waals surface area (Å²) in [5.74, 6) is 0.567. The van der Waals surface area contributed by atoms with E-state index in [0.717, 1.165) is 5.56 Å². The monoisotopic (exact) mass is 285 g/mol. The van der Waals surface area contributed by atoms with Crippen molar-refractivity contribution in [1.82, 2.24) is 0 Å². The number of non-ortho nitro benzene ring substituents is 1. The number of nitro benzene ring substituents is 1. The summed E-state index contributed by atoms with van der Waals surface area (Å²) >= 11 is 0. The van der Waals surface area contributed by atoms with Crippen molar-refractivity contribution in [3.05, 3.63) is 69.3 Å². The summed E-state index contributed by atoms with van der Waals surface area (Å²) in [5.41, 5.74) is 1.87. The molecule has 5 heteroatoms. The number of aryl methyl sites for hydroxylation is 1. The highest BCUT2D eigenvalue weighted by molar-refractivity contribution is 5.99. The van der Waals surface area contributed by atoms with Crippen molar-refractivity contribution < 1.29 is 14.5 Å². The van der Waals surface area contributed by atoms with Crippen LogP contribution in [0.25, 0.3) is 0 Å². The molecule has 0 amide bonds. The molecule has 0 atom stereocenters. The number of benzene rings is 2. The maximum absolute atomic E-state index is 12.4. The molecule has 0 aliphatic heterocycles. The zero-order valence-corrected chi connectivity index (χ0v) is 11.8. The third-order valence-electron chi connectivity index (χ3n) is 3.26. The number of methoxy groups -OCH3 is 1. The Morgan fingerprint density at radius 2 is 1.95 bits per heavy atom. The number of ketones is 1. The topological polar surface area (TPSA) is 69.4 Å². The molecule has 2 aromatic carbocycles. The molecule has 0 spiro atoms. The Bertz CT molecular complexity index is 694. The molecule has 2 aromatic rings. The van der Waals surface area contributed by atoms with Gasteiger partial charge in [-0.1, -0.05) is 18.2 Å². The van der Waals surface area contributed by atoms with Crippen LogP contribution in [0.5, 0.6) is 5.75 Å². The van der Waals surface area contributed by atoms with Gasteiger partial charge in [0.15, 0.2) is 5.78 Å². The Morgan fingerprint density at radius 1 is 1.24 bits per heavy atom. The predicted octanol–water partition coefficient (Wildman–Crippen LogP) is 3.34. The number of rotatable bonds is 5. The van der Waals surface area contributed by atoms with E-state index in [-0.39, 0.29) is 17.9 Å². The SMILES string of the molecule is COc1ccccc1CC(=O)c1ccc([N+](=O)[O-])cc1C. The van der Waals surface area contributed by atoms with Crippen molar-refractivity contribution in [2.24, 2.45) is 0 Å². The smallest absolute Gasteiger partial charge is 0.269 e. The second-order valence-electron chi connectivity index (χ2n) is 4.67. The van der Waals surface area contributed by atoms with Gasteiger partial charge in [0.05, 0.1) is 12.0 Å². The summed E-state index contributed by atoms with van der Waals surface area (Å²) < 4.78 is 5.22. The lowest BCUT2D eigenvalue weighted by atomic mass is 9.98. The number of carbonyl (C=O) groups excluding carboxylic acids is 1. The van der Waals surface area contributed by atoms with Crippen LogP contribution in [0.2, 0.25) is 0 Å². The molecule has 2 rings (SSSR count). The van der Waals surface area contributed by atoms with Crippen LogP contribution in [0.4, 0.5) is 5.69 Å². The zero-order chi connectivity index (χ0) is 15.4. The first-order chi connectivity index (χ1) is 10.0. The number of Topliss-reactive ketones (excluding diaryl/α,β-unsaturated/α-hetero) is 1. The fourth-order valence-corrected chi connectivity index (χ4v) is 2.19. The van der Waals surface area contributed by atoms with Crippen LogP contribution in [0.3, 0.4) is 0 Å². The van der Waals surface area contributed by atoms with E-state index in [2.05, 4.69) is 0 Å². The third kappa shape index (κ3) is 3.25. The molecule has 0 saturated heterocycles. The van der Waals surface area contributed by atoms with Gasteiger partial charge in [0.1, 0.15) is 5.75 Å². The van der Waals surface area contributed by atoms with Crippen molar-refractivity contribution in [3.63, 3.8) is 0 Å². The number of ether oxygens (including phenoxy) is 1. The second kappa shape index (κ2) is 6.17. The minimum absolute atomic E-state index is 0.0126. The van der Waals surface area contributed by atoms with Crippen LogP contribution >= 0.6 is 0 Å². The number of nitro groups is 1. The first-order valence-electron chi connectivity index (χ1n) is 6.43. The van der Waals surface area contributed by atoms with E-state index in [1.54, 1.807) is 20.1 Å². The Kier molecular flexibility index (Phi) is 4.33. The van der Waals surface area contributed by atoms with Crippen LogP contribution in [-0.2, 0) is 6.42 Å². The van der Waals surface area contributed by atoms with Gasteiger partial charge in [-0.25, -0.2) is 0 Å². The minimum Gasteiger partial charge on any atom is -0.496 e. The quantitative estimate of drug-likeness (QED) is 0.480. The molecule has 0 aliphatic rings. The Hall–Kier alpha value is -2.69. The van der Waals surface area contributed by atoms with Gasteiger partial charge in [0, 0.05) is 29.7 Å². The molecular formula is C16H15NO4. The molecule has 0 fully saturated rings. The van der Waals surface area contributed by atoms with E-state index in [4.69, 9.17) is 4.74 Å². The predicted molar refractivity (Wildman–Crippen MR) is 78.9 cm³/mol. The van der Waals surface area contributed by atoms with Crippen molar-refractivity contribution in [2.75, 3.05) is 7.11 Å². The van der Waals surface area contributed by atoms with Gasteiger partial charge >= 0.3 is 0 Å². The summed E-state index contributed by atoms with van der Waals surface area (Å²) in [6, 6.07) is 11.6. The minimum atomic E-state index is -0.471. The third-order valence-corrected chi connectivity index (χ3v) is 3.26. The Labute approximate surface area is 122 Å². The lowest BCUT2D eigenvalue weighted by Gasteiger charge is -2.09. The summed E-state index contributed by atoms with van der Waals surface area (Å²) in [7, 11) is 1.56. The molecule has 0 aromatic heterocycles. The fraction of sp³-hybridized carbons (Fsp3) is 0.188. The maximum atomic E-state index is 12.4. The molecular weight excluding hydrogens is 270 g/mol. The van der Waals surface area contributed by atoms with Crippen molar-refractivity contribution in [1.29, 1.82) is 0 Å². The van der Waals surface area contributed by atoms with Gasteiger partial charge in [-0.3, -0.25) is 14.9 Å². The van der Waals surface area contributed by atoms with Crippen LogP contribution in [0, 0.1) is 17.0 Å². The van der Waals surface area contributed by atoms with E-state index in [9.17, 15) is 14.9 Å². The first-order valence-corrected chi connectivity index (χ1v) is 6.43. The molecule has 21 heavy (non-hydrogen) atoms. The largest absolute Gasteiger partial charge is 0.496 e.